The smallest absolute Gasteiger partial charge is 0.208 e. The molecule has 0 saturated carbocycles. The van der Waals surface area contributed by atoms with Crippen molar-refractivity contribution in [3.8, 4) is 11.3 Å². The molecular formula is C20H25N4SSi+. The Morgan fingerprint density at radius 2 is 1.85 bits per heavy atom. The Balaban J connectivity index is 2.06. The molecule has 3 aromatic heterocycles. The van der Waals surface area contributed by atoms with Crippen LogP contribution in [0.15, 0.2) is 24.4 Å². The third kappa shape index (κ3) is 2.59. The number of hydrogen-bond donors (Lipinski definition) is 0. The van der Waals surface area contributed by atoms with Crippen molar-refractivity contribution in [2.45, 2.75) is 40.4 Å². The second kappa shape index (κ2) is 5.72. The standard InChI is InChI=1S/C20H25N4SSi/c1-12-10-13(2)14(3)15(11-12)17-18-16(8-9-23(17)4)24-20(25-18)21-19(22-24)26(5,6)7/h8-11H,1-7H3/q+1. The molecule has 0 atom stereocenters. The molecule has 6 heteroatoms. The maximum atomic E-state index is 4.87. The van der Waals surface area contributed by atoms with Gasteiger partial charge >= 0.3 is 0 Å². The molecular weight excluding hydrogens is 356 g/mol. The number of benzene rings is 1. The SMILES string of the molecule is Cc1cc(C)c(C)c(-c2c3sc4nc([Si](C)(C)C)nn4c3cc[n+]2C)c1. The molecule has 0 saturated heterocycles. The first kappa shape index (κ1) is 17.4. The fraction of sp³-hybridized carbons (Fsp3) is 0.350. The van der Waals surface area contributed by atoms with Crippen LogP contribution in [0.1, 0.15) is 16.7 Å². The average molecular weight is 382 g/mol. The van der Waals surface area contributed by atoms with Crippen LogP contribution >= 0.6 is 11.3 Å². The number of rotatable bonds is 2. The van der Waals surface area contributed by atoms with Crippen molar-refractivity contribution in [1.29, 1.82) is 0 Å². The second-order valence-electron chi connectivity index (χ2n) is 8.23. The fourth-order valence-electron chi connectivity index (χ4n) is 3.41. The lowest BCUT2D eigenvalue weighted by molar-refractivity contribution is -0.659. The highest BCUT2D eigenvalue weighted by Gasteiger charge is 2.26. The van der Waals surface area contributed by atoms with Gasteiger partial charge in [0.15, 0.2) is 6.20 Å². The number of nitrogens with zero attached hydrogens (tertiary/aromatic N) is 4. The maximum Gasteiger partial charge on any atom is 0.232 e. The Hall–Kier alpha value is -2.05. The predicted molar refractivity (Wildman–Crippen MR) is 112 cm³/mol. The molecule has 4 rings (SSSR count). The summed E-state index contributed by atoms with van der Waals surface area (Å²) in [6.45, 7) is 13.4. The largest absolute Gasteiger partial charge is 0.232 e. The zero-order chi connectivity index (χ0) is 18.8. The van der Waals surface area contributed by atoms with Crippen LogP contribution in [0.2, 0.25) is 19.6 Å². The van der Waals surface area contributed by atoms with Gasteiger partial charge in [0.25, 0.3) is 0 Å². The minimum absolute atomic E-state index is 0.993. The highest BCUT2D eigenvalue weighted by Crippen LogP contribution is 2.34. The van der Waals surface area contributed by atoms with Gasteiger partial charge in [-0.25, -0.2) is 9.50 Å². The summed E-state index contributed by atoms with van der Waals surface area (Å²) in [5.74, 6) is 0. The van der Waals surface area contributed by atoms with E-state index in [9.17, 15) is 0 Å². The average Bonchev–Trinajstić information content (AvgIpc) is 3.08. The Kier molecular flexibility index (Phi) is 3.82. The van der Waals surface area contributed by atoms with Crippen molar-refractivity contribution >= 4 is 40.0 Å². The van der Waals surface area contributed by atoms with Gasteiger partial charge in [-0.1, -0.05) is 42.6 Å². The number of pyridine rings is 1. The molecule has 0 fully saturated rings. The highest BCUT2D eigenvalue weighted by atomic mass is 32.1. The monoisotopic (exact) mass is 381 g/mol. The summed E-state index contributed by atoms with van der Waals surface area (Å²) in [4.78, 5) is 5.86. The van der Waals surface area contributed by atoms with Crippen LogP contribution in [0.25, 0.3) is 26.4 Å². The number of thiazole rings is 1. The van der Waals surface area contributed by atoms with Gasteiger partial charge in [-0.05, 0) is 38.0 Å². The Labute approximate surface area is 159 Å². The van der Waals surface area contributed by atoms with Gasteiger partial charge in [0, 0.05) is 6.07 Å². The van der Waals surface area contributed by atoms with Crippen LogP contribution < -0.4 is 10.0 Å². The summed E-state index contributed by atoms with van der Waals surface area (Å²) in [5.41, 5.74) is 8.68. The fourth-order valence-corrected chi connectivity index (χ4v) is 5.48. The molecule has 0 aliphatic rings. The number of hydrogen-bond acceptors (Lipinski definition) is 3. The van der Waals surface area contributed by atoms with E-state index in [1.54, 1.807) is 11.3 Å². The first-order valence-electron chi connectivity index (χ1n) is 8.93. The van der Waals surface area contributed by atoms with Gasteiger partial charge in [0.2, 0.25) is 10.7 Å². The third-order valence-electron chi connectivity index (χ3n) is 4.99. The summed E-state index contributed by atoms with van der Waals surface area (Å²) >= 11 is 1.75. The van der Waals surface area contributed by atoms with Crippen LogP contribution in [0.4, 0.5) is 0 Å². The van der Waals surface area contributed by atoms with Gasteiger partial charge in [0.1, 0.15) is 25.3 Å². The quantitative estimate of drug-likeness (QED) is 0.390. The lowest BCUT2D eigenvalue weighted by atomic mass is 9.97. The predicted octanol–water partition coefficient (Wildman–Crippen LogP) is 3.91. The van der Waals surface area contributed by atoms with Gasteiger partial charge in [0.05, 0.1) is 11.1 Å². The molecule has 0 amide bonds. The third-order valence-corrected chi connectivity index (χ3v) is 7.60. The number of fused-ring (bicyclic) bond motifs is 3. The molecule has 0 N–H and O–H groups in total. The van der Waals surface area contributed by atoms with E-state index >= 15 is 0 Å². The number of aryl methyl sites for hydroxylation is 3. The zero-order valence-corrected chi connectivity index (χ0v) is 18.3. The Morgan fingerprint density at radius 3 is 2.54 bits per heavy atom. The lowest BCUT2D eigenvalue weighted by Gasteiger charge is -2.10. The van der Waals surface area contributed by atoms with E-state index in [-0.39, 0.29) is 0 Å². The minimum Gasteiger partial charge on any atom is -0.208 e. The van der Waals surface area contributed by atoms with Crippen molar-refractivity contribution in [2.75, 3.05) is 0 Å². The van der Waals surface area contributed by atoms with Crippen LogP contribution in [0.5, 0.6) is 0 Å². The topological polar surface area (TPSA) is 34.1 Å². The molecule has 0 spiro atoms. The molecule has 134 valence electrons. The summed E-state index contributed by atoms with van der Waals surface area (Å²) < 4.78 is 5.51. The summed E-state index contributed by atoms with van der Waals surface area (Å²) in [6, 6.07) is 6.70. The highest BCUT2D eigenvalue weighted by molar-refractivity contribution is 7.24. The van der Waals surface area contributed by atoms with Crippen molar-refractivity contribution in [3.05, 3.63) is 41.1 Å². The molecule has 26 heavy (non-hydrogen) atoms. The molecule has 4 aromatic rings. The van der Waals surface area contributed by atoms with E-state index in [0.717, 1.165) is 15.9 Å². The van der Waals surface area contributed by atoms with Crippen molar-refractivity contribution in [1.82, 2.24) is 14.6 Å². The van der Waals surface area contributed by atoms with Gasteiger partial charge in [-0.15, -0.1) is 0 Å². The first-order chi connectivity index (χ1) is 12.2. The van der Waals surface area contributed by atoms with E-state index in [4.69, 9.17) is 10.1 Å². The molecule has 4 nitrogen and oxygen atoms in total. The summed E-state index contributed by atoms with van der Waals surface area (Å²) in [5, 5.41) is 4.86. The number of aromatic nitrogens is 4. The summed E-state index contributed by atoms with van der Waals surface area (Å²) in [6.07, 6.45) is 2.14. The van der Waals surface area contributed by atoms with Crippen LogP contribution in [0.3, 0.4) is 0 Å². The van der Waals surface area contributed by atoms with Crippen LogP contribution in [-0.2, 0) is 7.05 Å². The Morgan fingerprint density at radius 1 is 1.12 bits per heavy atom. The van der Waals surface area contributed by atoms with Crippen molar-refractivity contribution in [3.63, 3.8) is 0 Å². The van der Waals surface area contributed by atoms with Crippen LogP contribution in [-0.4, -0.2) is 22.7 Å². The first-order valence-corrected chi connectivity index (χ1v) is 13.2. The molecule has 0 radical (unpaired) electrons. The van der Waals surface area contributed by atoms with Gasteiger partial charge < -0.3 is 0 Å². The van der Waals surface area contributed by atoms with E-state index in [0.29, 0.717) is 0 Å². The van der Waals surface area contributed by atoms with Crippen LogP contribution in [0, 0.1) is 20.8 Å². The van der Waals surface area contributed by atoms with E-state index in [1.165, 1.54) is 32.6 Å². The molecule has 0 aliphatic heterocycles. The van der Waals surface area contributed by atoms with Gasteiger partial charge in [-0.3, -0.25) is 0 Å². The van der Waals surface area contributed by atoms with Gasteiger partial charge in [-0.2, -0.15) is 9.67 Å². The summed E-state index contributed by atoms with van der Waals surface area (Å²) in [7, 11) is 0.599. The second-order valence-corrected chi connectivity index (χ2v) is 14.2. The van der Waals surface area contributed by atoms with Crippen molar-refractivity contribution in [2.24, 2.45) is 7.05 Å². The van der Waals surface area contributed by atoms with E-state index in [1.807, 2.05) is 4.52 Å². The Bertz CT molecular complexity index is 1160. The normalized spacial score (nSPS) is 12.4. The minimum atomic E-state index is -1.52. The molecule has 1 aromatic carbocycles. The maximum absolute atomic E-state index is 4.87. The van der Waals surface area contributed by atoms with E-state index in [2.05, 4.69) is 76.4 Å². The van der Waals surface area contributed by atoms with E-state index < -0.39 is 8.07 Å². The molecule has 0 unspecified atom stereocenters. The molecule has 3 heterocycles. The van der Waals surface area contributed by atoms with Crippen molar-refractivity contribution < 1.29 is 4.57 Å². The lowest BCUT2D eigenvalue weighted by Crippen LogP contribution is -2.40. The molecule has 0 bridgehead atoms. The zero-order valence-electron chi connectivity index (χ0n) is 16.5. The molecule has 0 aliphatic carbocycles.